The quantitative estimate of drug-likeness (QED) is 0.826. The molecule has 7 heteroatoms. The Morgan fingerprint density at radius 2 is 1.67 bits per heavy atom. The minimum Gasteiger partial charge on any atom is -0.398 e. The molecule has 0 saturated heterocycles. The fraction of sp³-hybridized carbons (Fsp3) is 0.143. The van der Waals surface area contributed by atoms with Gasteiger partial charge < -0.3 is 5.73 Å². The number of hydrogen-bond donors (Lipinski definition) is 2. The lowest BCUT2D eigenvalue weighted by molar-refractivity contribution is 0.601. The van der Waals surface area contributed by atoms with Gasteiger partial charge in [-0.2, -0.15) is 0 Å². The maximum atomic E-state index is 12.4. The zero-order valence-corrected chi connectivity index (χ0v) is 13.8. The van der Waals surface area contributed by atoms with Crippen molar-refractivity contribution in [1.29, 1.82) is 0 Å². The number of nitrogens with two attached hydrogens (primary N) is 1. The second-order valence-corrected chi connectivity index (χ2v) is 7.20. The molecule has 0 aliphatic carbocycles. The van der Waals surface area contributed by atoms with E-state index in [4.69, 9.17) is 28.9 Å². The van der Waals surface area contributed by atoms with Gasteiger partial charge in [0.05, 0.1) is 20.6 Å². The Bertz CT molecular complexity index is 805. The lowest BCUT2D eigenvalue weighted by Crippen LogP contribution is -2.14. The zero-order valence-electron chi connectivity index (χ0n) is 11.4. The number of nitrogens with one attached hydrogen (secondary N) is 1. The van der Waals surface area contributed by atoms with Gasteiger partial charge in [-0.05, 0) is 49.2 Å². The Morgan fingerprint density at radius 1 is 1.00 bits per heavy atom. The second-order valence-electron chi connectivity index (χ2n) is 4.71. The summed E-state index contributed by atoms with van der Waals surface area (Å²) in [5.74, 6) is 0. The van der Waals surface area contributed by atoms with Crippen molar-refractivity contribution in [3.63, 3.8) is 0 Å². The Hall–Kier alpha value is -1.43. The summed E-state index contributed by atoms with van der Waals surface area (Å²) in [4.78, 5) is 0.0375. The molecule has 0 aromatic heterocycles. The third-order valence-electron chi connectivity index (χ3n) is 3.06. The number of anilines is 2. The molecule has 3 N–H and O–H groups in total. The van der Waals surface area contributed by atoms with Crippen LogP contribution in [0.1, 0.15) is 11.1 Å². The highest BCUT2D eigenvalue weighted by Gasteiger charge is 2.17. The zero-order chi connectivity index (χ0) is 15.8. The van der Waals surface area contributed by atoms with Gasteiger partial charge in [-0.25, -0.2) is 8.42 Å². The van der Waals surface area contributed by atoms with Crippen LogP contribution in [0, 0.1) is 13.8 Å². The van der Waals surface area contributed by atoms with Crippen molar-refractivity contribution in [1.82, 2.24) is 0 Å². The summed E-state index contributed by atoms with van der Waals surface area (Å²) in [6.07, 6.45) is 0. The van der Waals surface area contributed by atoms with Crippen LogP contribution in [0.5, 0.6) is 0 Å². The molecule has 0 unspecified atom stereocenters. The largest absolute Gasteiger partial charge is 0.398 e. The summed E-state index contributed by atoms with van der Waals surface area (Å²) >= 11 is 11.6. The molecule has 0 saturated carbocycles. The molecule has 0 amide bonds. The van der Waals surface area contributed by atoms with Crippen molar-refractivity contribution in [2.24, 2.45) is 0 Å². The highest BCUT2D eigenvalue weighted by Crippen LogP contribution is 2.28. The molecular weight excluding hydrogens is 331 g/mol. The Labute approximate surface area is 133 Å². The average Bonchev–Trinajstić information content (AvgIpc) is 2.39. The molecule has 21 heavy (non-hydrogen) atoms. The standard InChI is InChI=1S/C14H14Cl2N2O2S/c1-8-5-9(2)14(7-13(8)17)18-21(19,20)10-3-4-11(15)12(16)6-10/h3-7,18H,17H2,1-2H3. The first-order chi connectivity index (χ1) is 9.70. The molecule has 0 spiro atoms. The Kier molecular flexibility index (Phi) is 4.37. The van der Waals surface area contributed by atoms with Gasteiger partial charge >= 0.3 is 0 Å². The van der Waals surface area contributed by atoms with Crippen LogP contribution in [0.4, 0.5) is 11.4 Å². The molecule has 0 radical (unpaired) electrons. The molecule has 0 atom stereocenters. The number of nitrogen functional groups attached to an aromatic ring is 1. The van der Waals surface area contributed by atoms with E-state index in [1.165, 1.54) is 18.2 Å². The topological polar surface area (TPSA) is 72.2 Å². The van der Waals surface area contributed by atoms with Crippen LogP contribution in [0.25, 0.3) is 0 Å². The van der Waals surface area contributed by atoms with Crippen LogP contribution in [0.3, 0.4) is 0 Å². The van der Waals surface area contributed by atoms with Gasteiger partial charge in [0, 0.05) is 5.69 Å². The minimum atomic E-state index is -3.75. The van der Waals surface area contributed by atoms with E-state index in [0.29, 0.717) is 16.4 Å². The highest BCUT2D eigenvalue weighted by molar-refractivity contribution is 7.92. The third-order valence-corrected chi connectivity index (χ3v) is 5.16. The van der Waals surface area contributed by atoms with Crippen molar-refractivity contribution in [3.8, 4) is 0 Å². The lowest BCUT2D eigenvalue weighted by Gasteiger charge is -2.13. The van der Waals surface area contributed by atoms with E-state index in [1.807, 2.05) is 13.0 Å². The number of rotatable bonds is 3. The minimum absolute atomic E-state index is 0.0375. The van der Waals surface area contributed by atoms with Gasteiger partial charge in [-0.15, -0.1) is 0 Å². The molecule has 0 fully saturated rings. The molecule has 0 aliphatic heterocycles. The molecular formula is C14H14Cl2N2O2S. The summed E-state index contributed by atoms with van der Waals surface area (Å²) in [6, 6.07) is 7.55. The van der Waals surface area contributed by atoms with Gasteiger partial charge in [0.2, 0.25) is 0 Å². The van der Waals surface area contributed by atoms with Crippen LogP contribution in [0.15, 0.2) is 35.2 Å². The highest BCUT2D eigenvalue weighted by atomic mass is 35.5. The number of aryl methyl sites for hydroxylation is 2. The number of benzene rings is 2. The van der Waals surface area contributed by atoms with Crippen molar-refractivity contribution in [3.05, 3.63) is 51.5 Å². The van der Waals surface area contributed by atoms with Crippen molar-refractivity contribution < 1.29 is 8.42 Å². The normalized spacial score (nSPS) is 11.4. The number of hydrogen-bond acceptors (Lipinski definition) is 3. The van der Waals surface area contributed by atoms with Crippen LogP contribution < -0.4 is 10.5 Å². The SMILES string of the molecule is Cc1cc(C)c(NS(=O)(=O)c2ccc(Cl)c(Cl)c2)cc1N. The number of sulfonamides is 1. The van der Waals surface area contributed by atoms with E-state index < -0.39 is 10.0 Å². The summed E-state index contributed by atoms with van der Waals surface area (Å²) in [6.45, 7) is 3.67. The maximum Gasteiger partial charge on any atom is 0.261 e. The van der Waals surface area contributed by atoms with Gasteiger partial charge in [0.25, 0.3) is 10.0 Å². The first-order valence-corrected chi connectivity index (χ1v) is 8.29. The molecule has 2 aromatic rings. The first kappa shape index (κ1) is 15.9. The van der Waals surface area contributed by atoms with Crippen LogP contribution in [-0.4, -0.2) is 8.42 Å². The summed E-state index contributed by atoms with van der Waals surface area (Å²) in [5, 5.41) is 0.478. The second kappa shape index (κ2) is 5.75. The lowest BCUT2D eigenvalue weighted by atomic mass is 10.1. The van der Waals surface area contributed by atoms with Crippen molar-refractivity contribution >= 4 is 44.6 Å². The van der Waals surface area contributed by atoms with Crippen LogP contribution in [0.2, 0.25) is 10.0 Å². The van der Waals surface area contributed by atoms with Gasteiger partial charge in [0.15, 0.2) is 0 Å². The summed E-state index contributed by atoms with van der Waals surface area (Å²) < 4.78 is 27.2. The molecule has 112 valence electrons. The predicted octanol–water partition coefficient (Wildman–Crippen LogP) is 3.99. The Morgan fingerprint density at radius 3 is 2.29 bits per heavy atom. The van der Waals surface area contributed by atoms with Crippen LogP contribution in [-0.2, 0) is 10.0 Å². The van der Waals surface area contributed by atoms with Crippen molar-refractivity contribution in [2.45, 2.75) is 18.7 Å². The van der Waals surface area contributed by atoms with E-state index in [1.54, 1.807) is 13.0 Å². The molecule has 0 heterocycles. The van der Waals surface area contributed by atoms with Gasteiger partial charge in [0.1, 0.15) is 0 Å². The van der Waals surface area contributed by atoms with Crippen molar-refractivity contribution in [2.75, 3.05) is 10.5 Å². The van der Waals surface area contributed by atoms with E-state index >= 15 is 0 Å². The van der Waals surface area contributed by atoms with E-state index in [9.17, 15) is 8.42 Å². The third kappa shape index (κ3) is 3.43. The maximum absolute atomic E-state index is 12.4. The van der Waals surface area contributed by atoms with Crippen LogP contribution >= 0.6 is 23.2 Å². The smallest absolute Gasteiger partial charge is 0.261 e. The Balaban J connectivity index is 2.42. The fourth-order valence-electron chi connectivity index (χ4n) is 1.83. The molecule has 0 bridgehead atoms. The average molecular weight is 345 g/mol. The van der Waals surface area contributed by atoms with Gasteiger partial charge in [-0.1, -0.05) is 29.3 Å². The van der Waals surface area contributed by atoms with E-state index in [2.05, 4.69) is 4.72 Å². The predicted molar refractivity (Wildman–Crippen MR) is 87.6 cm³/mol. The molecule has 0 aliphatic rings. The molecule has 2 rings (SSSR count). The van der Waals surface area contributed by atoms with E-state index in [0.717, 1.165) is 11.1 Å². The summed E-state index contributed by atoms with van der Waals surface area (Å²) in [7, 11) is -3.75. The molecule has 4 nitrogen and oxygen atoms in total. The fourth-order valence-corrected chi connectivity index (χ4v) is 3.34. The summed E-state index contributed by atoms with van der Waals surface area (Å²) in [5.41, 5.74) is 8.45. The monoisotopic (exact) mass is 344 g/mol. The van der Waals surface area contributed by atoms with E-state index in [-0.39, 0.29) is 9.92 Å². The molecule has 2 aromatic carbocycles. The van der Waals surface area contributed by atoms with Gasteiger partial charge in [-0.3, -0.25) is 4.72 Å². The number of halogens is 2. The first-order valence-electron chi connectivity index (χ1n) is 6.05.